The van der Waals surface area contributed by atoms with E-state index in [1.807, 2.05) is 35.2 Å². The fraction of sp³-hybridized carbons (Fsp3) is 0.308. The van der Waals surface area contributed by atoms with E-state index in [2.05, 4.69) is 0 Å². The quantitative estimate of drug-likeness (QED) is 0.722. The standard InChI is InChI=1S/C13H14ClNO/c14-12-6-3-11(4-7-12)5-8-13(16)15-9-1-2-10-15/h3-8H,1-2,9-10H2/b8-5-. The summed E-state index contributed by atoms with van der Waals surface area (Å²) in [7, 11) is 0. The third-order valence-corrected chi connectivity index (χ3v) is 2.96. The topological polar surface area (TPSA) is 20.3 Å². The Hall–Kier alpha value is -1.28. The van der Waals surface area contributed by atoms with Crippen LogP contribution in [-0.2, 0) is 4.79 Å². The second-order valence-electron chi connectivity index (χ2n) is 3.92. The molecule has 0 aliphatic carbocycles. The van der Waals surface area contributed by atoms with Gasteiger partial charge in [-0.25, -0.2) is 0 Å². The summed E-state index contributed by atoms with van der Waals surface area (Å²) in [6.45, 7) is 1.79. The molecule has 1 aromatic rings. The molecule has 2 rings (SSSR count). The Morgan fingerprint density at radius 3 is 2.44 bits per heavy atom. The zero-order valence-corrected chi connectivity index (χ0v) is 9.78. The summed E-state index contributed by atoms with van der Waals surface area (Å²) in [5.41, 5.74) is 0.997. The first-order valence-electron chi connectivity index (χ1n) is 5.48. The minimum absolute atomic E-state index is 0.104. The van der Waals surface area contributed by atoms with Crippen molar-refractivity contribution >= 4 is 23.6 Å². The van der Waals surface area contributed by atoms with Gasteiger partial charge in [0.05, 0.1) is 0 Å². The highest BCUT2D eigenvalue weighted by molar-refractivity contribution is 6.30. The molecular formula is C13H14ClNO. The van der Waals surface area contributed by atoms with Crippen LogP contribution in [0.1, 0.15) is 18.4 Å². The predicted molar refractivity (Wildman–Crippen MR) is 66.3 cm³/mol. The monoisotopic (exact) mass is 235 g/mol. The van der Waals surface area contributed by atoms with Gasteiger partial charge >= 0.3 is 0 Å². The number of benzene rings is 1. The van der Waals surface area contributed by atoms with Gasteiger partial charge < -0.3 is 4.90 Å². The van der Waals surface area contributed by atoms with Gasteiger partial charge in [0.15, 0.2) is 0 Å². The summed E-state index contributed by atoms with van der Waals surface area (Å²) >= 11 is 5.78. The number of hydrogen-bond acceptors (Lipinski definition) is 1. The van der Waals surface area contributed by atoms with E-state index in [-0.39, 0.29) is 5.91 Å². The first-order chi connectivity index (χ1) is 7.75. The van der Waals surface area contributed by atoms with Gasteiger partial charge in [0.1, 0.15) is 0 Å². The Morgan fingerprint density at radius 2 is 1.81 bits per heavy atom. The molecule has 0 radical (unpaired) electrons. The van der Waals surface area contributed by atoms with Gasteiger partial charge in [0.2, 0.25) is 5.91 Å². The van der Waals surface area contributed by atoms with Crippen molar-refractivity contribution < 1.29 is 4.79 Å². The highest BCUT2D eigenvalue weighted by Gasteiger charge is 2.14. The number of rotatable bonds is 2. The molecule has 16 heavy (non-hydrogen) atoms. The average Bonchev–Trinajstić information content (AvgIpc) is 2.81. The van der Waals surface area contributed by atoms with Crippen LogP contribution in [0.5, 0.6) is 0 Å². The number of amides is 1. The molecule has 0 atom stereocenters. The number of carbonyl (C=O) groups excluding carboxylic acids is 1. The van der Waals surface area contributed by atoms with E-state index in [1.165, 1.54) is 0 Å². The van der Waals surface area contributed by atoms with Crippen molar-refractivity contribution in [1.82, 2.24) is 4.90 Å². The molecule has 1 aliphatic rings. The number of likely N-dealkylation sites (tertiary alicyclic amines) is 1. The van der Waals surface area contributed by atoms with Crippen molar-refractivity contribution in [3.8, 4) is 0 Å². The van der Waals surface area contributed by atoms with Crippen LogP contribution in [0.3, 0.4) is 0 Å². The van der Waals surface area contributed by atoms with Gasteiger partial charge in [-0.2, -0.15) is 0 Å². The van der Waals surface area contributed by atoms with Crippen LogP contribution >= 0.6 is 11.6 Å². The van der Waals surface area contributed by atoms with E-state index in [0.29, 0.717) is 5.02 Å². The van der Waals surface area contributed by atoms with Crippen LogP contribution in [0.2, 0.25) is 5.02 Å². The summed E-state index contributed by atoms with van der Waals surface area (Å²) in [6.07, 6.45) is 5.71. The third-order valence-electron chi connectivity index (χ3n) is 2.71. The summed E-state index contributed by atoms with van der Waals surface area (Å²) in [6, 6.07) is 7.44. The summed E-state index contributed by atoms with van der Waals surface area (Å²) < 4.78 is 0. The molecule has 1 saturated heterocycles. The lowest BCUT2D eigenvalue weighted by molar-refractivity contribution is -0.124. The molecule has 1 fully saturated rings. The zero-order chi connectivity index (χ0) is 11.4. The highest BCUT2D eigenvalue weighted by atomic mass is 35.5. The molecule has 0 unspecified atom stereocenters. The zero-order valence-electron chi connectivity index (χ0n) is 9.03. The smallest absolute Gasteiger partial charge is 0.246 e. The van der Waals surface area contributed by atoms with Gasteiger partial charge in [-0.15, -0.1) is 0 Å². The molecule has 1 heterocycles. The molecule has 0 bridgehead atoms. The van der Waals surface area contributed by atoms with Crippen LogP contribution in [-0.4, -0.2) is 23.9 Å². The van der Waals surface area contributed by atoms with Gasteiger partial charge in [0, 0.05) is 24.2 Å². The maximum absolute atomic E-state index is 11.7. The molecular weight excluding hydrogens is 222 g/mol. The molecule has 0 spiro atoms. The molecule has 84 valence electrons. The number of nitrogens with zero attached hydrogens (tertiary/aromatic N) is 1. The van der Waals surface area contributed by atoms with E-state index in [0.717, 1.165) is 31.5 Å². The van der Waals surface area contributed by atoms with E-state index < -0.39 is 0 Å². The van der Waals surface area contributed by atoms with E-state index in [1.54, 1.807) is 6.08 Å². The average molecular weight is 236 g/mol. The van der Waals surface area contributed by atoms with Crippen molar-refractivity contribution in [2.24, 2.45) is 0 Å². The molecule has 3 heteroatoms. The molecule has 2 nitrogen and oxygen atoms in total. The van der Waals surface area contributed by atoms with Gasteiger partial charge in [-0.3, -0.25) is 4.79 Å². The van der Waals surface area contributed by atoms with Crippen LogP contribution in [0.4, 0.5) is 0 Å². The molecule has 1 aliphatic heterocycles. The maximum atomic E-state index is 11.7. The van der Waals surface area contributed by atoms with Crippen LogP contribution < -0.4 is 0 Å². The predicted octanol–water partition coefficient (Wildman–Crippen LogP) is 2.98. The number of carbonyl (C=O) groups is 1. The van der Waals surface area contributed by atoms with Crippen LogP contribution in [0.15, 0.2) is 30.3 Å². The SMILES string of the molecule is O=C(/C=C\c1ccc(Cl)cc1)N1CCCC1. The lowest BCUT2D eigenvalue weighted by Gasteiger charge is -2.11. The molecule has 1 aromatic carbocycles. The largest absolute Gasteiger partial charge is 0.339 e. The van der Waals surface area contributed by atoms with Crippen molar-refractivity contribution in [2.45, 2.75) is 12.8 Å². The second-order valence-corrected chi connectivity index (χ2v) is 4.35. The van der Waals surface area contributed by atoms with E-state index >= 15 is 0 Å². The Kier molecular flexibility index (Phi) is 3.62. The van der Waals surface area contributed by atoms with Crippen LogP contribution in [0.25, 0.3) is 6.08 Å². The fourth-order valence-corrected chi connectivity index (χ4v) is 1.91. The second kappa shape index (κ2) is 5.17. The fourth-order valence-electron chi connectivity index (χ4n) is 1.78. The minimum Gasteiger partial charge on any atom is -0.339 e. The van der Waals surface area contributed by atoms with Crippen molar-refractivity contribution in [3.05, 3.63) is 40.9 Å². The van der Waals surface area contributed by atoms with E-state index in [4.69, 9.17) is 11.6 Å². The van der Waals surface area contributed by atoms with Gasteiger partial charge in [-0.05, 0) is 36.6 Å². The summed E-state index contributed by atoms with van der Waals surface area (Å²) in [5.74, 6) is 0.104. The first-order valence-corrected chi connectivity index (χ1v) is 5.86. The Morgan fingerprint density at radius 1 is 1.19 bits per heavy atom. The van der Waals surface area contributed by atoms with Gasteiger partial charge in [-0.1, -0.05) is 23.7 Å². The minimum atomic E-state index is 0.104. The van der Waals surface area contributed by atoms with Crippen LogP contribution in [0, 0.1) is 0 Å². The molecule has 0 saturated carbocycles. The Balaban J connectivity index is 1.97. The molecule has 0 aromatic heterocycles. The lowest BCUT2D eigenvalue weighted by Crippen LogP contribution is -2.25. The Bertz CT molecular complexity index is 391. The van der Waals surface area contributed by atoms with Gasteiger partial charge in [0.25, 0.3) is 0 Å². The lowest BCUT2D eigenvalue weighted by atomic mass is 10.2. The third kappa shape index (κ3) is 2.86. The molecule has 0 N–H and O–H groups in total. The number of hydrogen-bond donors (Lipinski definition) is 0. The van der Waals surface area contributed by atoms with E-state index in [9.17, 15) is 4.79 Å². The summed E-state index contributed by atoms with van der Waals surface area (Å²) in [5, 5.41) is 0.711. The normalized spacial score (nSPS) is 15.9. The Labute approximate surface area is 101 Å². The summed E-state index contributed by atoms with van der Waals surface area (Å²) in [4.78, 5) is 13.6. The van der Waals surface area contributed by atoms with Crippen molar-refractivity contribution in [2.75, 3.05) is 13.1 Å². The highest BCUT2D eigenvalue weighted by Crippen LogP contribution is 2.12. The van der Waals surface area contributed by atoms with Crippen molar-refractivity contribution in [1.29, 1.82) is 0 Å². The molecule has 1 amide bonds. The first kappa shape index (κ1) is 11.2. The van der Waals surface area contributed by atoms with Crippen molar-refractivity contribution in [3.63, 3.8) is 0 Å². The number of halogens is 1. The maximum Gasteiger partial charge on any atom is 0.246 e.